The van der Waals surface area contributed by atoms with Gasteiger partial charge in [0.05, 0.1) is 6.61 Å². The topological polar surface area (TPSA) is 50.8 Å². The lowest BCUT2D eigenvalue weighted by Crippen LogP contribution is -2.00. The van der Waals surface area contributed by atoms with Crippen molar-refractivity contribution in [2.45, 2.75) is 12.1 Å². The molecule has 5 heteroatoms. The Morgan fingerprint density at radius 1 is 1.44 bits per heavy atom. The van der Waals surface area contributed by atoms with Crippen molar-refractivity contribution in [3.05, 3.63) is 36.2 Å². The Balaban J connectivity index is 1.72. The average Bonchev–Trinajstić information content (AvgIpc) is 2.77. The molecule has 0 amide bonds. The molecular weight excluding hydrogens is 222 g/mol. The molecule has 0 aliphatic heterocycles. The third-order valence-corrected chi connectivity index (χ3v) is 2.81. The number of ether oxygens (including phenoxy) is 1. The summed E-state index contributed by atoms with van der Waals surface area (Å²) in [4.78, 5) is 4.02. The maximum absolute atomic E-state index is 5.60. The number of nitrogens with zero attached hydrogens (tertiary/aromatic N) is 2. The summed E-state index contributed by atoms with van der Waals surface area (Å²) in [7, 11) is 0. The SMILES string of the molecule is Cc1cccc(OCCSc2ncn[nH]2)c1. The number of H-pyrrole nitrogens is 1. The number of nitrogens with one attached hydrogen (secondary N) is 1. The van der Waals surface area contributed by atoms with E-state index in [0.717, 1.165) is 16.7 Å². The van der Waals surface area contributed by atoms with Crippen LogP contribution in [-0.4, -0.2) is 27.5 Å². The van der Waals surface area contributed by atoms with Gasteiger partial charge in [0.15, 0.2) is 5.16 Å². The highest BCUT2D eigenvalue weighted by Crippen LogP contribution is 2.14. The molecule has 1 N–H and O–H groups in total. The van der Waals surface area contributed by atoms with Crippen LogP contribution in [0.4, 0.5) is 0 Å². The molecule has 2 rings (SSSR count). The zero-order valence-electron chi connectivity index (χ0n) is 9.01. The molecule has 0 radical (unpaired) electrons. The van der Waals surface area contributed by atoms with Crippen LogP contribution < -0.4 is 4.74 Å². The molecule has 0 atom stereocenters. The van der Waals surface area contributed by atoms with Gasteiger partial charge in [0.25, 0.3) is 0 Å². The zero-order chi connectivity index (χ0) is 11.2. The van der Waals surface area contributed by atoms with Gasteiger partial charge in [-0.15, -0.1) is 0 Å². The first-order chi connectivity index (χ1) is 7.84. The molecular formula is C11H13N3OS. The summed E-state index contributed by atoms with van der Waals surface area (Å²) in [6.45, 7) is 2.71. The minimum atomic E-state index is 0.662. The van der Waals surface area contributed by atoms with E-state index in [2.05, 4.69) is 28.2 Å². The van der Waals surface area contributed by atoms with Crippen molar-refractivity contribution in [1.29, 1.82) is 0 Å². The van der Waals surface area contributed by atoms with Gasteiger partial charge >= 0.3 is 0 Å². The van der Waals surface area contributed by atoms with Crippen molar-refractivity contribution in [2.75, 3.05) is 12.4 Å². The summed E-state index contributed by atoms with van der Waals surface area (Å²) in [5.74, 6) is 1.77. The number of thioether (sulfide) groups is 1. The zero-order valence-corrected chi connectivity index (χ0v) is 9.83. The monoisotopic (exact) mass is 235 g/mol. The van der Waals surface area contributed by atoms with Gasteiger partial charge in [-0.25, -0.2) is 4.98 Å². The number of hydrogen-bond acceptors (Lipinski definition) is 4. The molecule has 0 fully saturated rings. The lowest BCUT2D eigenvalue weighted by atomic mass is 10.2. The quantitative estimate of drug-likeness (QED) is 0.638. The largest absolute Gasteiger partial charge is 0.493 e. The molecule has 1 aromatic heterocycles. The Hall–Kier alpha value is -1.49. The summed E-state index contributed by atoms with van der Waals surface area (Å²) in [6, 6.07) is 8.04. The molecule has 0 aliphatic carbocycles. The molecule has 0 saturated heterocycles. The van der Waals surface area contributed by atoms with Crippen LogP contribution in [0, 0.1) is 6.92 Å². The van der Waals surface area contributed by atoms with Gasteiger partial charge in [-0.1, -0.05) is 23.9 Å². The Morgan fingerprint density at radius 2 is 2.38 bits per heavy atom. The minimum absolute atomic E-state index is 0.662. The number of benzene rings is 1. The van der Waals surface area contributed by atoms with Crippen LogP contribution in [0.5, 0.6) is 5.75 Å². The average molecular weight is 235 g/mol. The first kappa shape index (κ1) is 11.0. The Kier molecular flexibility index (Phi) is 3.82. The number of aryl methyl sites for hydroxylation is 1. The Morgan fingerprint density at radius 3 is 3.12 bits per heavy atom. The van der Waals surface area contributed by atoms with Gasteiger partial charge in [-0.05, 0) is 24.6 Å². The molecule has 0 spiro atoms. The molecule has 1 heterocycles. The second kappa shape index (κ2) is 5.55. The molecule has 0 aliphatic rings. The molecule has 2 aromatic rings. The van der Waals surface area contributed by atoms with E-state index >= 15 is 0 Å². The lowest BCUT2D eigenvalue weighted by Gasteiger charge is -2.05. The van der Waals surface area contributed by atoms with Crippen LogP contribution in [0.25, 0.3) is 0 Å². The predicted molar refractivity (Wildman–Crippen MR) is 63.8 cm³/mol. The predicted octanol–water partition coefficient (Wildman–Crippen LogP) is 2.28. The first-order valence-corrected chi connectivity index (χ1v) is 6.01. The number of aromatic nitrogens is 3. The third-order valence-electron chi connectivity index (χ3n) is 1.97. The Bertz CT molecular complexity index is 431. The fraction of sp³-hybridized carbons (Fsp3) is 0.273. The van der Waals surface area contributed by atoms with Crippen LogP contribution >= 0.6 is 11.8 Å². The molecule has 4 nitrogen and oxygen atoms in total. The highest BCUT2D eigenvalue weighted by Gasteiger charge is 1.97. The highest BCUT2D eigenvalue weighted by atomic mass is 32.2. The van der Waals surface area contributed by atoms with Crippen LogP contribution in [0.3, 0.4) is 0 Å². The standard InChI is InChI=1S/C11H13N3OS/c1-9-3-2-4-10(7-9)15-5-6-16-11-12-8-13-14-11/h2-4,7-8H,5-6H2,1H3,(H,12,13,14). The fourth-order valence-electron chi connectivity index (χ4n) is 1.27. The summed E-state index contributed by atoms with van der Waals surface area (Å²) < 4.78 is 5.60. The van der Waals surface area contributed by atoms with Crippen molar-refractivity contribution in [3.8, 4) is 5.75 Å². The van der Waals surface area contributed by atoms with E-state index in [4.69, 9.17) is 4.74 Å². The van der Waals surface area contributed by atoms with Crippen molar-refractivity contribution in [2.24, 2.45) is 0 Å². The Labute approximate surface area is 98.4 Å². The van der Waals surface area contributed by atoms with Gasteiger partial charge in [-0.3, -0.25) is 5.10 Å². The smallest absolute Gasteiger partial charge is 0.183 e. The van der Waals surface area contributed by atoms with Crippen molar-refractivity contribution >= 4 is 11.8 Å². The van der Waals surface area contributed by atoms with Crippen LogP contribution in [0.1, 0.15) is 5.56 Å². The van der Waals surface area contributed by atoms with E-state index in [0.29, 0.717) is 6.61 Å². The highest BCUT2D eigenvalue weighted by molar-refractivity contribution is 7.99. The van der Waals surface area contributed by atoms with E-state index in [1.165, 1.54) is 11.9 Å². The molecule has 0 bridgehead atoms. The van der Waals surface area contributed by atoms with Gasteiger partial charge in [0.1, 0.15) is 12.1 Å². The summed E-state index contributed by atoms with van der Waals surface area (Å²) in [5.41, 5.74) is 1.21. The van der Waals surface area contributed by atoms with E-state index in [1.54, 1.807) is 11.8 Å². The van der Waals surface area contributed by atoms with E-state index in [1.807, 2.05) is 18.2 Å². The maximum atomic E-state index is 5.60. The summed E-state index contributed by atoms with van der Waals surface area (Å²) >= 11 is 1.60. The third kappa shape index (κ3) is 3.27. The van der Waals surface area contributed by atoms with Gasteiger partial charge in [0, 0.05) is 5.75 Å². The lowest BCUT2D eigenvalue weighted by molar-refractivity contribution is 0.343. The van der Waals surface area contributed by atoms with E-state index in [-0.39, 0.29) is 0 Å². The molecule has 1 aromatic carbocycles. The summed E-state index contributed by atoms with van der Waals surface area (Å²) in [5, 5.41) is 7.39. The maximum Gasteiger partial charge on any atom is 0.183 e. The van der Waals surface area contributed by atoms with E-state index in [9.17, 15) is 0 Å². The first-order valence-electron chi connectivity index (χ1n) is 5.02. The van der Waals surface area contributed by atoms with E-state index < -0.39 is 0 Å². The number of rotatable bonds is 5. The second-order valence-electron chi connectivity index (χ2n) is 3.30. The molecule has 0 unspecified atom stereocenters. The van der Waals surface area contributed by atoms with Crippen LogP contribution in [0.2, 0.25) is 0 Å². The van der Waals surface area contributed by atoms with Crippen LogP contribution in [-0.2, 0) is 0 Å². The van der Waals surface area contributed by atoms with Gasteiger partial charge < -0.3 is 4.74 Å². The minimum Gasteiger partial charge on any atom is -0.493 e. The van der Waals surface area contributed by atoms with Crippen molar-refractivity contribution in [1.82, 2.24) is 15.2 Å². The molecule has 84 valence electrons. The number of hydrogen-bond donors (Lipinski definition) is 1. The normalized spacial score (nSPS) is 10.3. The number of aromatic amines is 1. The summed E-state index contributed by atoms with van der Waals surface area (Å²) in [6.07, 6.45) is 1.50. The molecule has 16 heavy (non-hydrogen) atoms. The fourth-order valence-corrected chi connectivity index (χ4v) is 1.87. The van der Waals surface area contributed by atoms with Crippen molar-refractivity contribution in [3.63, 3.8) is 0 Å². The van der Waals surface area contributed by atoms with Crippen molar-refractivity contribution < 1.29 is 4.74 Å². The molecule has 0 saturated carbocycles. The van der Waals surface area contributed by atoms with Gasteiger partial charge in [-0.2, -0.15) is 5.10 Å². The second-order valence-corrected chi connectivity index (χ2v) is 4.39. The van der Waals surface area contributed by atoms with Gasteiger partial charge in [0.2, 0.25) is 0 Å². The van der Waals surface area contributed by atoms with Crippen LogP contribution in [0.15, 0.2) is 35.7 Å².